The first-order valence-electron chi connectivity index (χ1n) is 6.11. The maximum atomic E-state index is 5.92. The van der Waals surface area contributed by atoms with Gasteiger partial charge in [0.05, 0.1) is 0 Å². The van der Waals surface area contributed by atoms with Crippen LogP contribution in [0.4, 0.5) is 0 Å². The van der Waals surface area contributed by atoms with Crippen LogP contribution in [-0.2, 0) is 0 Å². The third kappa shape index (κ3) is 2.56. The summed E-state index contributed by atoms with van der Waals surface area (Å²) >= 11 is 0. The van der Waals surface area contributed by atoms with Crippen LogP contribution < -0.4 is 10.1 Å². The summed E-state index contributed by atoms with van der Waals surface area (Å²) in [5, 5.41) is 3.45. The molecular weight excluding hydrogens is 198 g/mol. The monoisotopic (exact) mass is 219 g/mol. The fourth-order valence-corrected chi connectivity index (χ4v) is 2.24. The molecule has 1 fully saturated rings. The van der Waals surface area contributed by atoms with E-state index in [9.17, 15) is 0 Å². The second-order valence-electron chi connectivity index (χ2n) is 4.81. The van der Waals surface area contributed by atoms with Crippen molar-refractivity contribution in [2.45, 2.75) is 39.7 Å². The van der Waals surface area contributed by atoms with Gasteiger partial charge < -0.3 is 10.1 Å². The largest absolute Gasteiger partial charge is 0.492 e. The number of hydrogen-bond donors (Lipinski definition) is 1. The number of rotatable bonds is 3. The molecule has 1 N–H and O–H groups in total. The summed E-state index contributed by atoms with van der Waals surface area (Å²) in [6, 6.07) is 4.88. The molecule has 1 aliphatic rings. The van der Waals surface area contributed by atoms with E-state index in [2.05, 4.69) is 38.2 Å². The molecule has 0 unspecified atom stereocenters. The minimum absolute atomic E-state index is 0.542. The first-order valence-corrected chi connectivity index (χ1v) is 6.11. The van der Waals surface area contributed by atoms with E-state index in [4.69, 9.17) is 4.74 Å². The predicted octanol–water partition coefficient (Wildman–Crippen LogP) is 2.74. The van der Waals surface area contributed by atoms with Gasteiger partial charge in [0, 0.05) is 6.04 Å². The number of ether oxygens (including phenoxy) is 1. The summed E-state index contributed by atoms with van der Waals surface area (Å²) in [4.78, 5) is 0. The standard InChI is InChI=1S/C14H21NO/c1-10-7-11(2)12(3)14(8-10)16-9-13-5-4-6-15-13/h7-8,13,15H,4-6,9H2,1-3H3/t13-/m0/s1. The first-order chi connectivity index (χ1) is 7.66. The Morgan fingerprint density at radius 2 is 2.12 bits per heavy atom. The summed E-state index contributed by atoms with van der Waals surface area (Å²) < 4.78 is 5.92. The molecular formula is C14H21NO. The lowest BCUT2D eigenvalue weighted by Gasteiger charge is -2.15. The summed E-state index contributed by atoms with van der Waals surface area (Å²) in [6.45, 7) is 8.33. The third-order valence-corrected chi connectivity index (χ3v) is 3.37. The van der Waals surface area contributed by atoms with Gasteiger partial charge in [-0.25, -0.2) is 0 Å². The lowest BCUT2D eigenvalue weighted by molar-refractivity contribution is 0.275. The molecule has 1 aromatic carbocycles. The highest BCUT2D eigenvalue weighted by molar-refractivity contribution is 5.41. The summed E-state index contributed by atoms with van der Waals surface area (Å²) in [6.07, 6.45) is 2.52. The van der Waals surface area contributed by atoms with Gasteiger partial charge in [-0.1, -0.05) is 6.07 Å². The van der Waals surface area contributed by atoms with E-state index in [1.54, 1.807) is 0 Å². The Balaban J connectivity index is 2.02. The molecule has 2 rings (SSSR count). The SMILES string of the molecule is Cc1cc(C)c(C)c(OC[C@@H]2CCCN2)c1. The van der Waals surface area contributed by atoms with Crippen molar-refractivity contribution in [3.8, 4) is 5.75 Å². The van der Waals surface area contributed by atoms with Gasteiger partial charge in [0.25, 0.3) is 0 Å². The van der Waals surface area contributed by atoms with E-state index < -0.39 is 0 Å². The van der Waals surface area contributed by atoms with Crippen LogP contribution in [0.5, 0.6) is 5.75 Å². The highest BCUT2D eigenvalue weighted by Gasteiger charge is 2.15. The number of hydrogen-bond acceptors (Lipinski definition) is 2. The van der Waals surface area contributed by atoms with Crippen molar-refractivity contribution in [2.75, 3.05) is 13.2 Å². The van der Waals surface area contributed by atoms with Crippen molar-refractivity contribution in [3.05, 3.63) is 28.8 Å². The average molecular weight is 219 g/mol. The predicted molar refractivity (Wildman–Crippen MR) is 67.2 cm³/mol. The van der Waals surface area contributed by atoms with Crippen LogP contribution in [0, 0.1) is 20.8 Å². The minimum Gasteiger partial charge on any atom is -0.492 e. The van der Waals surface area contributed by atoms with Crippen LogP contribution in [0.2, 0.25) is 0 Å². The molecule has 0 spiro atoms. The van der Waals surface area contributed by atoms with Gasteiger partial charge in [0.15, 0.2) is 0 Å². The highest BCUT2D eigenvalue weighted by atomic mass is 16.5. The quantitative estimate of drug-likeness (QED) is 0.844. The molecule has 1 atom stereocenters. The molecule has 0 radical (unpaired) electrons. The number of benzene rings is 1. The van der Waals surface area contributed by atoms with Crippen LogP contribution in [-0.4, -0.2) is 19.2 Å². The van der Waals surface area contributed by atoms with Gasteiger partial charge in [-0.15, -0.1) is 0 Å². The van der Waals surface area contributed by atoms with Crippen LogP contribution in [0.25, 0.3) is 0 Å². The van der Waals surface area contributed by atoms with Crippen molar-refractivity contribution in [1.29, 1.82) is 0 Å². The van der Waals surface area contributed by atoms with Gasteiger partial charge >= 0.3 is 0 Å². The van der Waals surface area contributed by atoms with Gasteiger partial charge in [0.1, 0.15) is 12.4 Å². The summed E-state index contributed by atoms with van der Waals surface area (Å²) in [7, 11) is 0. The van der Waals surface area contributed by atoms with Crippen LogP contribution in [0.3, 0.4) is 0 Å². The molecule has 88 valence electrons. The zero-order chi connectivity index (χ0) is 11.5. The van der Waals surface area contributed by atoms with Crippen LogP contribution in [0.15, 0.2) is 12.1 Å². The Kier molecular flexibility index (Phi) is 3.49. The van der Waals surface area contributed by atoms with Crippen molar-refractivity contribution < 1.29 is 4.74 Å². The van der Waals surface area contributed by atoms with E-state index in [1.165, 1.54) is 29.5 Å². The molecule has 0 bridgehead atoms. The topological polar surface area (TPSA) is 21.3 Å². The zero-order valence-electron chi connectivity index (χ0n) is 10.5. The zero-order valence-corrected chi connectivity index (χ0v) is 10.5. The molecule has 16 heavy (non-hydrogen) atoms. The molecule has 0 aromatic heterocycles. The summed E-state index contributed by atoms with van der Waals surface area (Å²) in [5.41, 5.74) is 3.86. The fourth-order valence-electron chi connectivity index (χ4n) is 2.24. The van der Waals surface area contributed by atoms with Crippen LogP contribution >= 0.6 is 0 Å². The van der Waals surface area contributed by atoms with E-state index >= 15 is 0 Å². The second-order valence-corrected chi connectivity index (χ2v) is 4.81. The average Bonchev–Trinajstić information content (AvgIpc) is 2.74. The summed E-state index contributed by atoms with van der Waals surface area (Å²) in [5.74, 6) is 1.05. The smallest absolute Gasteiger partial charge is 0.122 e. The Morgan fingerprint density at radius 3 is 2.81 bits per heavy atom. The Hall–Kier alpha value is -1.02. The van der Waals surface area contributed by atoms with E-state index in [-0.39, 0.29) is 0 Å². The molecule has 0 amide bonds. The molecule has 1 aromatic rings. The minimum atomic E-state index is 0.542. The van der Waals surface area contributed by atoms with Crippen molar-refractivity contribution in [2.24, 2.45) is 0 Å². The van der Waals surface area contributed by atoms with Crippen molar-refractivity contribution in [3.63, 3.8) is 0 Å². The highest BCUT2D eigenvalue weighted by Crippen LogP contribution is 2.23. The molecule has 0 aliphatic carbocycles. The maximum Gasteiger partial charge on any atom is 0.122 e. The van der Waals surface area contributed by atoms with E-state index in [0.717, 1.165) is 18.9 Å². The molecule has 1 saturated heterocycles. The van der Waals surface area contributed by atoms with Gasteiger partial charge in [-0.3, -0.25) is 0 Å². The Morgan fingerprint density at radius 1 is 1.31 bits per heavy atom. The van der Waals surface area contributed by atoms with E-state index in [1.807, 2.05) is 0 Å². The van der Waals surface area contributed by atoms with Gasteiger partial charge in [-0.2, -0.15) is 0 Å². The molecule has 1 heterocycles. The molecule has 1 aliphatic heterocycles. The Labute approximate surface area is 98.0 Å². The lowest BCUT2D eigenvalue weighted by Crippen LogP contribution is -2.28. The molecule has 0 saturated carbocycles. The van der Waals surface area contributed by atoms with E-state index in [0.29, 0.717) is 6.04 Å². The second kappa shape index (κ2) is 4.88. The van der Waals surface area contributed by atoms with Gasteiger partial charge in [-0.05, 0) is 62.9 Å². The number of nitrogens with one attached hydrogen (secondary N) is 1. The van der Waals surface area contributed by atoms with Crippen LogP contribution in [0.1, 0.15) is 29.5 Å². The number of aryl methyl sites for hydroxylation is 2. The molecule has 2 heteroatoms. The van der Waals surface area contributed by atoms with Crippen molar-refractivity contribution in [1.82, 2.24) is 5.32 Å². The molecule has 2 nitrogen and oxygen atoms in total. The lowest BCUT2D eigenvalue weighted by atomic mass is 10.1. The van der Waals surface area contributed by atoms with Crippen molar-refractivity contribution >= 4 is 0 Å². The Bertz CT molecular complexity index is 367. The maximum absolute atomic E-state index is 5.92. The fraction of sp³-hybridized carbons (Fsp3) is 0.571. The normalized spacial score (nSPS) is 20.1. The third-order valence-electron chi connectivity index (χ3n) is 3.37. The van der Waals surface area contributed by atoms with Gasteiger partial charge in [0.2, 0.25) is 0 Å². The first kappa shape index (κ1) is 11.5.